The number of alkyl halides is 1. The lowest BCUT2D eigenvalue weighted by molar-refractivity contribution is -0.0946. The first kappa shape index (κ1) is 20.0. The maximum Gasteiger partial charge on any atom is 0.110 e. The normalized spacial score (nSPS) is 38.5. The zero-order chi connectivity index (χ0) is 17.4. The Labute approximate surface area is 150 Å². The maximum atomic E-state index is 10.8. The number of rotatable bonds is 4. The van der Waals surface area contributed by atoms with Crippen molar-refractivity contribution in [3.8, 4) is 0 Å². The first-order chi connectivity index (χ1) is 10.6. The van der Waals surface area contributed by atoms with Crippen LogP contribution in [0.1, 0.15) is 66.7 Å². The van der Waals surface area contributed by atoms with E-state index in [9.17, 15) is 5.11 Å². The highest BCUT2D eigenvalue weighted by molar-refractivity contribution is 7.19. The zero-order valence-corrected chi connectivity index (χ0v) is 17.6. The monoisotopic (exact) mass is 361 g/mol. The van der Waals surface area contributed by atoms with Crippen LogP contribution in [0.3, 0.4) is 0 Å². The molecule has 2 aliphatic rings. The van der Waals surface area contributed by atoms with Gasteiger partial charge in [-0.25, -0.2) is 0 Å². The van der Waals surface area contributed by atoms with Crippen LogP contribution in [0.2, 0.25) is 0 Å². The van der Waals surface area contributed by atoms with Crippen LogP contribution in [0, 0.1) is 23.2 Å². The molecule has 0 radical (unpaired) electrons. The van der Waals surface area contributed by atoms with Crippen LogP contribution in [-0.4, -0.2) is 39.9 Å². The van der Waals surface area contributed by atoms with Gasteiger partial charge in [0.25, 0.3) is 0 Å². The lowest BCUT2D eigenvalue weighted by Crippen LogP contribution is -2.60. The van der Waals surface area contributed by atoms with Crippen LogP contribution in [0.4, 0.5) is 0 Å². The molecule has 4 heteroatoms. The van der Waals surface area contributed by atoms with Gasteiger partial charge in [0.2, 0.25) is 0 Å². The molecule has 2 fully saturated rings. The van der Waals surface area contributed by atoms with Gasteiger partial charge < -0.3 is 5.11 Å². The molecule has 1 aliphatic carbocycles. The quantitative estimate of drug-likeness (QED) is 0.577. The number of hydrogen-bond acceptors (Lipinski definition) is 2. The predicted octanol–water partition coefficient (Wildman–Crippen LogP) is 4.74. The summed E-state index contributed by atoms with van der Waals surface area (Å²) in [5.74, 6) is 1.57. The van der Waals surface area contributed by atoms with Gasteiger partial charge in [-0.3, -0.25) is 4.90 Å². The minimum absolute atomic E-state index is 0.192. The molecule has 136 valence electrons. The summed E-state index contributed by atoms with van der Waals surface area (Å²) < 4.78 is 0. The molecule has 0 spiro atoms. The van der Waals surface area contributed by atoms with Crippen molar-refractivity contribution in [2.24, 2.45) is 23.2 Å². The second-order valence-electron chi connectivity index (χ2n) is 9.11. The summed E-state index contributed by atoms with van der Waals surface area (Å²) in [7, 11) is 3.25. The molecule has 2 rings (SSSR count). The fourth-order valence-electron chi connectivity index (χ4n) is 4.63. The Balaban J connectivity index is 2.07. The topological polar surface area (TPSA) is 23.5 Å². The Kier molecular flexibility index (Phi) is 6.49. The van der Waals surface area contributed by atoms with Crippen LogP contribution >= 0.6 is 20.8 Å². The van der Waals surface area contributed by atoms with Crippen molar-refractivity contribution in [2.45, 2.75) is 83.5 Å². The van der Waals surface area contributed by atoms with Crippen LogP contribution in [-0.2, 0) is 0 Å². The summed E-state index contributed by atoms with van der Waals surface area (Å²) in [6.45, 7) is 13.4. The van der Waals surface area contributed by atoms with E-state index in [0.717, 1.165) is 38.3 Å². The van der Waals surface area contributed by atoms with Gasteiger partial charge in [0.1, 0.15) is 6.23 Å². The second-order valence-corrected chi connectivity index (χ2v) is 10.8. The Morgan fingerprint density at radius 2 is 1.70 bits per heavy atom. The lowest BCUT2D eigenvalue weighted by Gasteiger charge is -2.57. The third kappa shape index (κ3) is 4.08. The van der Waals surface area contributed by atoms with E-state index in [-0.39, 0.29) is 16.8 Å². The van der Waals surface area contributed by atoms with Crippen molar-refractivity contribution in [1.82, 2.24) is 4.90 Å². The number of halogens is 1. The van der Waals surface area contributed by atoms with Crippen molar-refractivity contribution in [2.75, 3.05) is 13.1 Å². The van der Waals surface area contributed by atoms with Crippen molar-refractivity contribution in [1.29, 1.82) is 0 Å². The summed E-state index contributed by atoms with van der Waals surface area (Å²) in [4.78, 5) is 2.32. The van der Waals surface area contributed by atoms with E-state index in [0.29, 0.717) is 17.2 Å². The molecule has 1 heterocycles. The maximum absolute atomic E-state index is 10.8. The van der Waals surface area contributed by atoms with Gasteiger partial charge in [0.05, 0.1) is 0 Å². The highest BCUT2D eigenvalue weighted by Crippen LogP contribution is 2.54. The molecule has 1 N–H and O–H groups in total. The van der Waals surface area contributed by atoms with E-state index in [4.69, 9.17) is 11.6 Å². The Morgan fingerprint density at radius 1 is 1.13 bits per heavy atom. The summed E-state index contributed by atoms with van der Waals surface area (Å²) in [5.41, 5.74) is 0.192. The summed E-state index contributed by atoms with van der Waals surface area (Å²) >= 11 is 6.32. The molecular formula is C19H37ClNOP. The second kappa shape index (κ2) is 7.48. The zero-order valence-electron chi connectivity index (χ0n) is 15.7. The van der Waals surface area contributed by atoms with Gasteiger partial charge in [-0.1, -0.05) is 34.6 Å². The Bertz CT molecular complexity index is 395. The van der Waals surface area contributed by atoms with Gasteiger partial charge in [0, 0.05) is 18.5 Å². The molecule has 0 aromatic rings. The number of aliphatic hydroxyl groups excluding tert-OH is 1. The number of hydrogen-bond donors (Lipinski definition) is 1. The van der Waals surface area contributed by atoms with Gasteiger partial charge in [-0.2, -0.15) is 0 Å². The molecule has 0 aromatic heterocycles. The summed E-state index contributed by atoms with van der Waals surface area (Å²) in [6, 6.07) is 0. The van der Waals surface area contributed by atoms with E-state index >= 15 is 0 Å². The fraction of sp³-hybridized carbons (Fsp3) is 1.00. The van der Waals surface area contributed by atoms with E-state index in [2.05, 4.69) is 48.8 Å². The van der Waals surface area contributed by atoms with Crippen LogP contribution in [0.15, 0.2) is 0 Å². The molecule has 2 nitrogen and oxygen atoms in total. The highest BCUT2D eigenvalue weighted by atomic mass is 35.5. The van der Waals surface area contributed by atoms with E-state index < -0.39 is 0 Å². The van der Waals surface area contributed by atoms with Gasteiger partial charge in [0.15, 0.2) is 0 Å². The van der Waals surface area contributed by atoms with Crippen molar-refractivity contribution < 1.29 is 5.11 Å². The fourth-order valence-corrected chi connectivity index (χ4v) is 5.43. The van der Waals surface area contributed by atoms with Gasteiger partial charge in [-0.05, 0) is 60.4 Å². The lowest BCUT2D eigenvalue weighted by atomic mass is 9.63. The molecule has 4 atom stereocenters. The largest absolute Gasteiger partial charge is 0.378 e. The molecule has 23 heavy (non-hydrogen) atoms. The highest BCUT2D eigenvalue weighted by Gasteiger charge is 2.51. The molecule has 3 unspecified atom stereocenters. The minimum atomic E-state index is -0.317. The van der Waals surface area contributed by atoms with Gasteiger partial charge in [-0.15, -0.1) is 20.8 Å². The Hall–Kier alpha value is 0.640. The number of nitrogens with zero attached hydrogens (tertiary/aromatic N) is 1. The molecular weight excluding hydrogens is 325 g/mol. The number of aliphatic hydroxyl groups is 1. The summed E-state index contributed by atoms with van der Waals surface area (Å²) in [5, 5.41) is 11.4. The standard InChI is InChI=1S/C19H37ClNOP/c1-13(2)14(3)17(22)21-11-10-19(23,18(4,5)12-21)15-6-8-16(20)9-7-15/h13-17,22H,6-12,23H2,1-5H3/t14-,15?,16?,17?,19?/m1/s1. The molecule has 1 saturated carbocycles. The van der Waals surface area contributed by atoms with E-state index in [1.165, 1.54) is 12.8 Å². The predicted molar refractivity (Wildman–Crippen MR) is 104 cm³/mol. The van der Waals surface area contributed by atoms with Crippen molar-refractivity contribution in [3.63, 3.8) is 0 Å². The smallest absolute Gasteiger partial charge is 0.110 e. The molecule has 0 bridgehead atoms. The SMILES string of the molecule is CC(C)[C@@H](C)C(O)N1CCC(P)(C2CCC(Cl)CC2)C(C)(C)C1. The molecule has 0 amide bonds. The average molecular weight is 362 g/mol. The van der Waals surface area contributed by atoms with Crippen molar-refractivity contribution in [3.05, 3.63) is 0 Å². The molecule has 1 aliphatic heterocycles. The molecule has 1 saturated heterocycles. The van der Waals surface area contributed by atoms with E-state index in [1.807, 2.05) is 0 Å². The summed E-state index contributed by atoms with van der Waals surface area (Å²) in [6.07, 6.45) is 5.68. The van der Waals surface area contributed by atoms with E-state index in [1.54, 1.807) is 0 Å². The minimum Gasteiger partial charge on any atom is -0.378 e. The van der Waals surface area contributed by atoms with Crippen molar-refractivity contribution >= 4 is 20.8 Å². The number of likely N-dealkylation sites (tertiary alicyclic amines) is 1. The third-order valence-electron chi connectivity index (χ3n) is 6.95. The third-order valence-corrected chi connectivity index (χ3v) is 8.93. The van der Waals surface area contributed by atoms with Crippen LogP contribution in [0.25, 0.3) is 0 Å². The van der Waals surface area contributed by atoms with Gasteiger partial charge >= 0.3 is 0 Å². The number of piperidine rings is 1. The van der Waals surface area contributed by atoms with Crippen LogP contribution in [0.5, 0.6) is 0 Å². The average Bonchev–Trinajstić information content (AvgIpc) is 2.49. The molecule has 0 aromatic carbocycles. The Morgan fingerprint density at radius 3 is 2.17 bits per heavy atom. The first-order valence-corrected chi connectivity index (χ1v) is 10.4. The van der Waals surface area contributed by atoms with Crippen LogP contribution < -0.4 is 0 Å². The first-order valence-electron chi connectivity index (χ1n) is 9.43.